The van der Waals surface area contributed by atoms with Gasteiger partial charge >= 0.3 is 6.43 Å². The average molecular weight is 138 g/mol. The van der Waals surface area contributed by atoms with Crippen LogP contribution in [0, 0.1) is 0 Å². The van der Waals surface area contributed by atoms with Gasteiger partial charge in [-0.2, -0.15) is 8.78 Å². The van der Waals surface area contributed by atoms with E-state index in [4.69, 9.17) is 0 Å². The Hall–Kier alpha value is -0.710. The molecule has 0 aliphatic heterocycles. The molecule has 0 saturated heterocycles. The molecule has 0 rings (SSSR count). The lowest BCUT2D eigenvalue weighted by Crippen LogP contribution is -2.31. The minimum absolute atomic E-state index is 0.233. The summed E-state index contributed by atoms with van der Waals surface area (Å²) in [6, 6.07) is 0. The number of carbonyl (C=O) groups is 1. The fourth-order valence-electron chi connectivity index (χ4n) is 0.251. The van der Waals surface area contributed by atoms with E-state index in [1.165, 1.54) is 0 Å². The first-order chi connectivity index (χ1) is 4.18. The maximum Gasteiger partial charge on any atom is 0.315 e. The van der Waals surface area contributed by atoms with Crippen LogP contribution in [0.5, 0.6) is 0 Å². The van der Waals surface area contributed by atoms with Gasteiger partial charge < -0.3 is 5.32 Å². The zero-order valence-electron chi connectivity index (χ0n) is 4.56. The quantitative estimate of drug-likeness (QED) is 0.576. The third kappa shape index (κ3) is 3.84. The number of nitrogens with one attached hydrogen (secondary N) is 1. The van der Waals surface area contributed by atoms with Crippen LogP contribution in [0.15, 0.2) is 0 Å². The summed E-state index contributed by atoms with van der Waals surface area (Å²) in [4.78, 5) is 9.90. The van der Waals surface area contributed by atoms with Crippen LogP contribution in [0.1, 0.15) is 0 Å². The molecule has 0 aromatic heterocycles. The van der Waals surface area contributed by atoms with Gasteiger partial charge in [0.25, 0.3) is 5.91 Å². The van der Waals surface area contributed by atoms with Crippen LogP contribution in [0.2, 0.25) is 0 Å². The molecular formula is C4H6F2NO2. The van der Waals surface area contributed by atoms with Gasteiger partial charge in [-0.05, 0) is 0 Å². The van der Waals surface area contributed by atoms with Crippen molar-refractivity contribution >= 4 is 5.91 Å². The van der Waals surface area contributed by atoms with E-state index < -0.39 is 18.9 Å². The third-order valence-corrected chi connectivity index (χ3v) is 0.599. The highest BCUT2D eigenvalue weighted by atomic mass is 19.3. The van der Waals surface area contributed by atoms with Gasteiger partial charge in [0.05, 0.1) is 6.61 Å². The standard InChI is InChI=1S/C4H6F2NO2/c5-3(6)4(9)7-1-2-8/h3H,1-2H2,(H,7,9). The first-order valence-corrected chi connectivity index (χ1v) is 2.32. The van der Waals surface area contributed by atoms with Crippen molar-refractivity contribution in [3.8, 4) is 0 Å². The summed E-state index contributed by atoms with van der Waals surface area (Å²) < 4.78 is 22.5. The predicted molar refractivity (Wildman–Crippen MR) is 24.6 cm³/mol. The van der Waals surface area contributed by atoms with Crippen molar-refractivity contribution in [2.24, 2.45) is 0 Å². The van der Waals surface area contributed by atoms with Crippen LogP contribution in [-0.4, -0.2) is 25.5 Å². The molecule has 1 N–H and O–H groups in total. The Balaban J connectivity index is 3.28. The van der Waals surface area contributed by atoms with Gasteiger partial charge in [-0.25, -0.2) is 5.11 Å². The molecule has 0 aromatic carbocycles. The normalized spacial score (nSPS) is 9.78. The number of halogens is 2. The lowest BCUT2D eigenvalue weighted by Gasteiger charge is -1.98. The van der Waals surface area contributed by atoms with Gasteiger partial charge in [0.2, 0.25) is 0 Å². The number of rotatable bonds is 3. The molecule has 0 aliphatic rings. The molecule has 5 heteroatoms. The predicted octanol–water partition coefficient (Wildman–Crippen LogP) is -0.202. The highest BCUT2D eigenvalue weighted by Gasteiger charge is 2.12. The number of carbonyl (C=O) groups excluding carboxylic acids is 1. The second-order valence-corrected chi connectivity index (χ2v) is 1.30. The second-order valence-electron chi connectivity index (χ2n) is 1.30. The zero-order valence-corrected chi connectivity index (χ0v) is 4.56. The van der Waals surface area contributed by atoms with Crippen LogP contribution < -0.4 is 5.32 Å². The summed E-state index contributed by atoms with van der Waals surface area (Å²) in [6.07, 6.45) is -3.02. The number of amides is 1. The highest BCUT2D eigenvalue weighted by molar-refractivity contribution is 5.78. The fourth-order valence-corrected chi connectivity index (χ4v) is 0.251. The summed E-state index contributed by atoms with van der Waals surface area (Å²) in [7, 11) is 0. The Labute approximate surface area is 50.7 Å². The van der Waals surface area contributed by atoms with Crippen molar-refractivity contribution in [3.63, 3.8) is 0 Å². The van der Waals surface area contributed by atoms with E-state index in [0.29, 0.717) is 0 Å². The van der Waals surface area contributed by atoms with Gasteiger partial charge in [-0.15, -0.1) is 0 Å². The lowest BCUT2D eigenvalue weighted by molar-refractivity contribution is -0.131. The highest BCUT2D eigenvalue weighted by Crippen LogP contribution is 1.89. The van der Waals surface area contributed by atoms with Crippen LogP contribution >= 0.6 is 0 Å². The molecule has 0 aromatic rings. The molecule has 0 spiro atoms. The van der Waals surface area contributed by atoms with E-state index in [1.54, 1.807) is 5.32 Å². The van der Waals surface area contributed by atoms with Crippen LogP contribution in [0.4, 0.5) is 8.78 Å². The van der Waals surface area contributed by atoms with Crippen molar-refractivity contribution in [1.82, 2.24) is 5.32 Å². The van der Waals surface area contributed by atoms with Crippen molar-refractivity contribution in [3.05, 3.63) is 0 Å². The fraction of sp³-hybridized carbons (Fsp3) is 0.750. The van der Waals surface area contributed by atoms with E-state index in [1.807, 2.05) is 0 Å². The summed E-state index contributed by atoms with van der Waals surface area (Å²) in [6.45, 7) is -0.804. The summed E-state index contributed by atoms with van der Waals surface area (Å²) in [5.41, 5.74) is 0. The minimum Gasteiger partial charge on any atom is -0.349 e. The first kappa shape index (κ1) is 8.29. The molecule has 9 heavy (non-hydrogen) atoms. The maximum absolute atomic E-state index is 11.2. The molecule has 0 fully saturated rings. The maximum atomic E-state index is 11.2. The number of alkyl halides is 2. The zero-order chi connectivity index (χ0) is 7.28. The number of hydrogen-bond donors (Lipinski definition) is 1. The Bertz CT molecular complexity index is 96.6. The number of hydrogen-bond acceptors (Lipinski definition) is 1. The van der Waals surface area contributed by atoms with E-state index in [2.05, 4.69) is 0 Å². The molecule has 0 heterocycles. The Morgan fingerprint density at radius 1 is 1.56 bits per heavy atom. The Morgan fingerprint density at radius 3 is 2.44 bits per heavy atom. The molecule has 0 saturated carbocycles. The summed E-state index contributed by atoms with van der Waals surface area (Å²) >= 11 is 0. The monoisotopic (exact) mass is 138 g/mol. The summed E-state index contributed by atoms with van der Waals surface area (Å²) in [5.74, 6) is -1.38. The smallest absolute Gasteiger partial charge is 0.315 e. The van der Waals surface area contributed by atoms with E-state index in [-0.39, 0.29) is 6.54 Å². The molecule has 1 amide bonds. The topological polar surface area (TPSA) is 49.0 Å². The molecule has 1 radical (unpaired) electrons. The van der Waals surface area contributed by atoms with Gasteiger partial charge in [-0.3, -0.25) is 4.79 Å². The molecule has 0 bridgehead atoms. The van der Waals surface area contributed by atoms with E-state index in [0.717, 1.165) is 0 Å². The lowest BCUT2D eigenvalue weighted by atomic mass is 10.6. The van der Waals surface area contributed by atoms with Gasteiger partial charge in [0.1, 0.15) is 0 Å². The SMILES string of the molecule is [O]CCNC(=O)C(F)F. The van der Waals surface area contributed by atoms with Crippen LogP contribution in [-0.2, 0) is 9.90 Å². The van der Waals surface area contributed by atoms with Crippen molar-refractivity contribution in [2.75, 3.05) is 13.2 Å². The summed E-state index contributed by atoms with van der Waals surface area (Å²) in [5, 5.41) is 11.3. The average Bonchev–Trinajstić information content (AvgIpc) is 1.82. The van der Waals surface area contributed by atoms with Crippen LogP contribution in [0.3, 0.4) is 0 Å². The van der Waals surface area contributed by atoms with E-state index >= 15 is 0 Å². The van der Waals surface area contributed by atoms with Crippen LogP contribution in [0.25, 0.3) is 0 Å². The van der Waals surface area contributed by atoms with Crippen molar-refractivity contribution in [2.45, 2.75) is 6.43 Å². The Kier molecular flexibility index (Phi) is 3.87. The van der Waals surface area contributed by atoms with Gasteiger partial charge in [0, 0.05) is 6.54 Å². The molecular weight excluding hydrogens is 132 g/mol. The van der Waals surface area contributed by atoms with Crippen molar-refractivity contribution in [1.29, 1.82) is 0 Å². The molecule has 0 unspecified atom stereocenters. The molecule has 3 nitrogen and oxygen atoms in total. The minimum atomic E-state index is -3.02. The molecule has 0 atom stereocenters. The van der Waals surface area contributed by atoms with Gasteiger partial charge in [0.15, 0.2) is 0 Å². The van der Waals surface area contributed by atoms with E-state index in [9.17, 15) is 18.7 Å². The molecule has 53 valence electrons. The third-order valence-electron chi connectivity index (χ3n) is 0.599. The second kappa shape index (κ2) is 4.20. The largest absolute Gasteiger partial charge is 0.349 e. The van der Waals surface area contributed by atoms with Gasteiger partial charge in [-0.1, -0.05) is 0 Å². The Morgan fingerprint density at radius 2 is 2.11 bits per heavy atom. The van der Waals surface area contributed by atoms with Crippen molar-refractivity contribution < 1.29 is 18.7 Å². The molecule has 0 aliphatic carbocycles. The first-order valence-electron chi connectivity index (χ1n) is 2.32.